The first-order chi connectivity index (χ1) is 18.3. The van der Waals surface area contributed by atoms with Crippen molar-refractivity contribution in [3.05, 3.63) is 29.8 Å². The minimum absolute atomic E-state index is 0.480. The van der Waals surface area contributed by atoms with E-state index in [9.17, 15) is 0 Å². The second-order valence-corrected chi connectivity index (χ2v) is 12.4. The summed E-state index contributed by atoms with van der Waals surface area (Å²) in [7, 11) is 0. The Morgan fingerprint density at radius 2 is 1.57 bits per heavy atom. The van der Waals surface area contributed by atoms with E-state index >= 15 is 0 Å². The van der Waals surface area contributed by atoms with E-state index in [1.807, 2.05) is 0 Å². The fraction of sp³-hybridized carbons (Fsp3) is 0.806. The first-order valence-electron chi connectivity index (χ1n) is 15.3. The number of nitrogens with one attached hydrogen (secondary N) is 1. The molecule has 2 aliphatic heterocycles. The van der Waals surface area contributed by atoms with Crippen LogP contribution in [0.25, 0.3) is 0 Å². The maximum absolute atomic E-state index is 6.61. The Labute approximate surface area is 223 Å². The zero-order chi connectivity index (χ0) is 24.9. The molecule has 1 aromatic rings. The molecule has 2 heterocycles. The largest absolute Gasteiger partial charge is 0.494 e. The van der Waals surface area contributed by atoms with Crippen LogP contribution in [0.3, 0.4) is 0 Å². The molecule has 1 spiro atoms. The SMILES string of the molecule is c1cc(C2CCCCOC3(OOCC2)C2CC4CC(C2)CC3C4)ccc1OCCCNC1CCOCC1. The van der Waals surface area contributed by atoms with Crippen LogP contribution < -0.4 is 10.1 Å². The van der Waals surface area contributed by atoms with Gasteiger partial charge in [0.2, 0.25) is 5.79 Å². The van der Waals surface area contributed by atoms with Gasteiger partial charge in [-0.1, -0.05) is 18.6 Å². The minimum Gasteiger partial charge on any atom is -0.494 e. The zero-order valence-corrected chi connectivity index (χ0v) is 22.5. The van der Waals surface area contributed by atoms with Crippen LogP contribution in [-0.4, -0.2) is 51.4 Å². The van der Waals surface area contributed by atoms with Crippen LogP contribution >= 0.6 is 0 Å². The van der Waals surface area contributed by atoms with Crippen molar-refractivity contribution < 1.29 is 24.0 Å². The molecule has 1 aromatic carbocycles. The van der Waals surface area contributed by atoms with Crippen LogP contribution in [0.2, 0.25) is 0 Å². The van der Waals surface area contributed by atoms with Gasteiger partial charge in [-0.05, 0) is 113 Å². The number of hydrogen-bond donors (Lipinski definition) is 1. The van der Waals surface area contributed by atoms with E-state index in [1.54, 1.807) is 0 Å². The first-order valence-corrected chi connectivity index (χ1v) is 15.3. The zero-order valence-electron chi connectivity index (χ0n) is 22.5. The lowest BCUT2D eigenvalue weighted by molar-refractivity contribution is -0.476. The van der Waals surface area contributed by atoms with Crippen LogP contribution in [0.4, 0.5) is 0 Å². The summed E-state index contributed by atoms with van der Waals surface area (Å²) < 4.78 is 18.1. The molecule has 2 saturated heterocycles. The lowest BCUT2D eigenvalue weighted by atomic mass is 9.53. The normalized spacial score (nSPS) is 36.9. The summed E-state index contributed by atoms with van der Waals surface area (Å²) in [5.41, 5.74) is 1.38. The highest BCUT2D eigenvalue weighted by molar-refractivity contribution is 5.29. The third kappa shape index (κ3) is 6.19. The van der Waals surface area contributed by atoms with E-state index in [2.05, 4.69) is 29.6 Å². The fourth-order valence-corrected chi connectivity index (χ4v) is 8.07. The molecule has 6 aliphatic rings. The van der Waals surface area contributed by atoms with Crippen molar-refractivity contribution in [2.24, 2.45) is 23.7 Å². The molecule has 206 valence electrons. The highest BCUT2D eigenvalue weighted by atomic mass is 17.2. The lowest BCUT2D eigenvalue weighted by Crippen LogP contribution is -2.60. The van der Waals surface area contributed by atoms with Crippen LogP contribution in [0.5, 0.6) is 5.75 Å². The highest BCUT2D eigenvalue weighted by Gasteiger charge is 2.60. The molecule has 1 unspecified atom stereocenters. The Balaban J connectivity index is 0.967. The van der Waals surface area contributed by atoms with Gasteiger partial charge in [0, 0.05) is 31.1 Å². The number of ether oxygens (including phenoxy) is 3. The van der Waals surface area contributed by atoms with Gasteiger partial charge in [-0.15, -0.1) is 0 Å². The van der Waals surface area contributed by atoms with Gasteiger partial charge in [-0.3, -0.25) is 0 Å². The first kappa shape index (κ1) is 26.1. The molecule has 37 heavy (non-hydrogen) atoms. The molecular formula is C31H47NO5. The Hall–Kier alpha value is -1.18. The summed E-state index contributed by atoms with van der Waals surface area (Å²) in [6.45, 7) is 4.93. The molecule has 6 nitrogen and oxygen atoms in total. The summed E-state index contributed by atoms with van der Waals surface area (Å²) >= 11 is 0. The number of hydrogen-bond acceptors (Lipinski definition) is 6. The molecule has 6 fully saturated rings. The molecule has 7 rings (SSSR count). The molecule has 4 bridgehead atoms. The van der Waals surface area contributed by atoms with Crippen LogP contribution in [0, 0.1) is 23.7 Å². The van der Waals surface area contributed by atoms with Gasteiger partial charge in [0.1, 0.15) is 5.75 Å². The average molecular weight is 514 g/mol. The maximum Gasteiger partial charge on any atom is 0.207 e. The van der Waals surface area contributed by atoms with Crippen LogP contribution in [-0.2, 0) is 19.2 Å². The van der Waals surface area contributed by atoms with E-state index in [0.29, 0.717) is 30.4 Å². The van der Waals surface area contributed by atoms with E-state index in [0.717, 1.165) is 89.1 Å². The second-order valence-electron chi connectivity index (χ2n) is 12.4. The highest BCUT2D eigenvalue weighted by Crippen LogP contribution is 2.60. The van der Waals surface area contributed by atoms with Crippen molar-refractivity contribution in [1.82, 2.24) is 5.32 Å². The maximum atomic E-state index is 6.61. The number of rotatable bonds is 7. The predicted molar refractivity (Wildman–Crippen MR) is 142 cm³/mol. The van der Waals surface area contributed by atoms with E-state index in [4.69, 9.17) is 24.0 Å². The molecule has 1 N–H and O–H groups in total. The molecule has 4 aliphatic carbocycles. The minimum atomic E-state index is -0.480. The predicted octanol–water partition coefficient (Wildman–Crippen LogP) is 6.00. The molecule has 4 saturated carbocycles. The lowest BCUT2D eigenvalue weighted by Gasteiger charge is -2.58. The van der Waals surface area contributed by atoms with Gasteiger partial charge < -0.3 is 19.5 Å². The van der Waals surface area contributed by atoms with Gasteiger partial charge in [0.05, 0.1) is 19.8 Å². The Bertz CT molecular complexity index is 811. The Morgan fingerprint density at radius 1 is 0.811 bits per heavy atom. The molecule has 0 aromatic heterocycles. The quantitative estimate of drug-likeness (QED) is 0.357. The van der Waals surface area contributed by atoms with Crippen molar-refractivity contribution in [2.75, 3.05) is 39.6 Å². The Morgan fingerprint density at radius 3 is 2.32 bits per heavy atom. The van der Waals surface area contributed by atoms with Gasteiger partial charge in [-0.2, -0.15) is 0 Å². The summed E-state index contributed by atoms with van der Waals surface area (Å²) in [5.74, 6) is 3.78. The van der Waals surface area contributed by atoms with Crippen molar-refractivity contribution >= 4 is 0 Å². The van der Waals surface area contributed by atoms with Gasteiger partial charge in [0.15, 0.2) is 0 Å². The van der Waals surface area contributed by atoms with Gasteiger partial charge >= 0.3 is 0 Å². The van der Waals surface area contributed by atoms with Crippen LogP contribution in [0.1, 0.15) is 88.5 Å². The Kier molecular flexibility index (Phi) is 8.69. The summed E-state index contributed by atoms with van der Waals surface area (Å²) in [6, 6.07) is 9.37. The molecule has 0 amide bonds. The van der Waals surface area contributed by atoms with Crippen LogP contribution in [0.15, 0.2) is 24.3 Å². The van der Waals surface area contributed by atoms with Gasteiger partial charge in [-0.25, -0.2) is 9.78 Å². The van der Waals surface area contributed by atoms with Crippen molar-refractivity contribution in [1.29, 1.82) is 0 Å². The van der Waals surface area contributed by atoms with E-state index < -0.39 is 5.79 Å². The monoisotopic (exact) mass is 513 g/mol. The molecule has 0 radical (unpaired) electrons. The summed E-state index contributed by atoms with van der Waals surface area (Å²) in [5, 5.41) is 3.63. The third-order valence-corrected chi connectivity index (χ3v) is 9.89. The fourth-order valence-electron chi connectivity index (χ4n) is 8.07. The van der Waals surface area contributed by atoms with Crippen molar-refractivity contribution in [3.8, 4) is 5.75 Å². The standard InChI is InChI=1S/C31H47NO5/c1-2-14-35-31(27-19-23-18-24(21-27)22-28(31)20-23)37-36-17-9-25(4-1)26-5-7-30(8-6-26)34-13-3-12-32-29-10-15-33-16-11-29/h5-8,23-25,27-29,32H,1-4,9-22H2. The van der Waals surface area contributed by atoms with Crippen molar-refractivity contribution in [3.63, 3.8) is 0 Å². The average Bonchev–Trinajstić information content (AvgIpc) is 2.97. The molecule has 1 atom stereocenters. The summed E-state index contributed by atoms with van der Waals surface area (Å²) in [4.78, 5) is 12.3. The molecular weight excluding hydrogens is 466 g/mol. The summed E-state index contributed by atoms with van der Waals surface area (Å²) in [6.07, 6.45) is 14.2. The molecule has 6 heteroatoms. The van der Waals surface area contributed by atoms with Crippen molar-refractivity contribution in [2.45, 2.75) is 94.8 Å². The van der Waals surface area contributed by atoms with E-state index in [-0.39, 0.29) is 0 Å². The number of benzene rings is 1. The smallest absolute Gasteiger partial charge is 0.207 e. The van der Waals surface area contributed by atoms with Gasteiger partial charge in [0.25, 0.3) is 0 Å². The second kappa shape index (κ2) is 12.3. The third-order valence-electron chi connectivity index (χ3n) is 9.89. The topological polar surface area (TPSA) is 58.2 Å². The van der Waals surface area contributed by atoms with E-state index in [1.165, 1.54) is 44.1 Å².